The van der Waals surface area contributed by atoms with Crippen molar-refractivity contribution in [2.24, 2.45) is 7.05 Å². The minimum absolute atomic E-state index is 0.0190. The van der Waals surface area contributed by atoms with Gasteiger partial charge in [0.25, 0.3) is 0 Å². The monoisotopic (exact) mass is 332 g/mol. The third-order valence-electron chi connectivity index (χ3n) is 2.89. The number of nitrogens with zero attached hydrogens (tertiary/aromatic N) is 2. The van der Waals surface area contributed by atoms with E-state index in [1.165, 1.54) is 11.7 Å². The summed E-state index contributed by atoms with van der Waals surface area (Å²) in [6.07, 6.45) is -4.46. The zero-order valence-electron chi connectivity index (χ0n) is 10.6. The van der Waals surface area contributed by atoms with E-state index in [4.69, 9.17) is 0 Å². The minimum atomic E-state index is -4.46. The van der Waals surface area contributed by atoms with Crippen molar-refractivity contribution in [3.05, 3.63) is 39.5 Å². The van der Waals surface area contributed by atoms with E-state index in [-0.39, 0.29) is 4.47 Å². The summed E-state index contributed by atoms with van der Waals surface area (Å²) in [5.74, 6) is 0. The number of benzene rings is 1. The van der Waals surface area contributed by atoms with Crippen LogP contribution in [0.25, 0.3) is 11.3 Å². The van der Waals surface area contributed by atoms with Gasteiger partial charge in [-0.15, -0.1) is 0 Å². The van der Waals surface area contributed by atoms with Crippen LogP contribution in [0.4, 0.5) is 13.2 Å². The first-order valence-electron chi connectivity index (χ1n) is 5.59. The number of aryl methyl sites for hydroxylation is 3. The Balaban J connectivity index is 2.67. The van der Waals surface area contributed by atoms with Gasteiger partial charge in [0.05, 0.1) is 10.2 Å². The van der Waals surface area contributed by atoms with Gasteiger partial charge in [0.1, 0.15) is 0 Å². The molecule has 0 fully saturated rings. The Labute approximate surface area is 117 Å². The molecule has 0 unspecified atom stereocenters. The molecule has 0 spiro atoms. The van der Waals surface area contributed by atoms with Crippen molar-refractivity contribution in [1.82, 2.24) is 9.78 Å². The maximum Gasteiger partial charge on any atom is 0.436 e. The van der Waals surface area contributed by atoms with Crippen LogP contribution in [0.15, 0.2) is 22.7 Å². The molecule has 0 saturated carbocycles. The average molecular weight is 333 g/mol. The molecule has 0 aliphatic carbocycles. The summed E-state index contributed by atoms with van der Waals surface area (Å²) in [6, 6.07) is 5.61. The van der Waals surface area contributed by atoms with Crippen LogP contribution in [0.1, 0.15) is 16.8 Å². The molecule has 0 radical (unpaired) electrons. The molecule has 2 nitrogen and oxygen atoms in total. The second-order valence-electron chi connectivity index (χ2n) is 4.45. The molecule has 0 amide bonds. The maximum absolute atomic E-state index is 12.8. The lowest BCUT2D eigenvalue weighted by Crippen LogP contribution is -2.07. The van der Waals surface area contributed by atoms with Crippen molar-refractivity contribution in [2.75, 3.05) is 0 Å². The van der Waals surface area contributed by atoms with Crippen LogP contribution >= 0.6 is 15.9 Å². The fourth-order valence-corrected chi connectivity index (χ4v) is 2.83. The van der Waals surface area contributed by atoms with E-state index >= 15 is 0 Å². The number of rotatable bonds is 1. The lowest BCUT2D eigenvalue weighted by atomic mass is 10.0. The van der Waals surface area contributed by atoms with Gasteiger partial charge in [0.2, 0.25) is 0 Å². The van der Waals surface area contributed by atoms with Crippen molar-refractivity contribution in [1.29, 1.82) is 0 Å². The summed E-state index contributed by atoms with van der Waals surface area (Å²) in [4.78, 5) is 0. The van der Waals surface area contributed by atoms with E-state index in [9.17, 15) is 13.2 Å². The highest BCUT2D eigenvalue weighted by molar-refractivity contribution is 9.10. The second-order valence-corrected chi connectivity index (χ2v) is 5.24. The van der Waals surface area contributed by atoms with Gasteiger partial charge < -0.3 is 0 Å². The van der Waals surface area contributed by atoms with Gasteiger partial charge in [-0.05, 0) is 35.3 Å². The molecule has 0 atom stereocenters. The highest BCUT2D eigenvalue weighted by Crippen LogP contribution is 2.40. The lowest BCUT2D eigenvalue weighted by Gasteiger charge is -2.08. The summed E-state index contributed by atoms with van der Waals surface area (Å²) in [5.41, 5.74) is 2.26. The summed E-state index contributed by atoms with van der Waals surface area (Å²) in [7, 11) is 1.51. The lowest BCUT2D eigenvalue weighted by molar-refractivity contribution is -0.142. The highest BCUT2D eigenvalue weighted by atomic mass is 79.9. The maximum atomic E-state index is 12.8. The molecule has 0 saturated heterocycles. The quantitative estimate of drug-likeness (QED) is 0.752. The van der Waals surface area contributed by atoms with Crippen molar-refractivity contribution in [3.8, 4) is 11.3 Å². The van der Waals surface area contributed by atoms with Crippen LogP contribution < -0.4 is 0 Å². The Morgan fingerprint density at radius 2 is 1.84 bits per heavy atom. The molecule has 1 aromatic heterocycles. The molecule has 1 aromatic carbocycles. The third kappa shape index (κ3) is 2.54. The van der Waals surface area contributed by atoms with Crippen LogP contribution in [0, 0.1) is 13.8 Å². The normalized spacial score (nSPS) is 11.9. The Bertz CT molecular complexity index is 630. The molecule has 2 rings (SSSR count). The Morgan fingerprint density at radius 1 is 1.21 bits per heavy atom. The van der Waals surface area contributed by atoms with Crippen LogP contribution in [0.5, 0.6) is 0 Å². The highest BCUT2D eigenvalue weighted by Gasteiger charge is 2.38. The summed E-state index contributed by atoms with van der Waals surface area (Å²) >= 11 is 3.02. The molecule has 0 aliphatic heterocycles. The molecule has 2 aromatic rings. The molecule has 6 heteroatoms. The molecular weight excluding hydrogens is 321 g/mol. The average Bonchev–Trinajstić information content (AvgIpc) is 2.55. The van der Waals surface area contributed by atoms with Crippen molar-refractivity contribution >= 4 is 15.9 Å². The predicted octanol–water partition coefficient (Wildman–Crippen LogP) is 4.49. The largest absolute Gasteiger partial charge is 0.436 e. The Morgan fingerprint density at radius 3 is 2.32 bits per heavy atom. The van der Waals surface area contributed by atoms with Gasteiger partial charge in [0.15, 0.2) is 5.69 Å². The van der Waals surface area contributed by atoms with Gasteiger partial charge in [-0.2, -0.15) is 18.3 Å². The molecule has 19 heavy (non-hydrogen) atoms. The molecule has 0 N–H and O–H groups in total. The van der Waals surface area contributed by atoms with E-state index in [1.807, 2.05) is 32.0 Å². The smallest absolute Gasteiger partial charge is 0.266 e. The molecule has 102 valence electrons. The predicted molar refractivity (Wildman–Crippen MR) is 70.8 cm³/mol. The number of aromatic nitrogens is 2. The second kappa shape index (κ2) is 4.67. The van der Waals surface area contributed by atoms with Crippen LogP contribution in [0.2, 0.25) is 0 Å². The Kier molecular flexibility index (Phi) is 3.47. The third-order valence-corrected chi connectivity index (χ3v) is 3.65. The van der Waals surface area contributed by atoms with E-state index < -0.39 is 11.9 Å². The summed E-state index contributed by atoms with van der Waals surface area (Å²) in [5, 5.41) is 3.57. The topological polar surface area (TPSA) is 17.8 Å². The fourth-order valence-electron chi connectivity index (χ4n) is 2.05. The summed E-state index contributed by atoms with van der Waals surface area (Å²) in [6.45, 7) is 3.81. The SMILES string of the molecule is Cc1ccc(-c2c(Br)c(C(F)(F)F)nn2C)c(C)c1. The minimum Gasteiger partial charge on any atom is -0.266 e. The van der Waals surface area contributed by atoms with Crippen LogP contribution in [-0.2, 0) is 13.2 Å². The molecule has 0 aliphatic rings. The number of hydrogen-bond donors (Lipinski definition) is 0. The Hall–Kier alpha value is -1.30. The van der Waals surface area contributed by atoms with Gasteiger partial charge in [-0.1, -0.05) is 23.8 Å². The molecule has 1 heterocycles. The number of alkyl halides is 3. The molecular formula is C13H12BrF3N2. The van der Waals surface area contributed by atoms with Crippen LogP contribution in [-0.4, -0.2) is 9.78 Å². The van der Waals surface area contributed by atoms with E-state index in [0.29, 0.717) is 5.69 Å². The van der Waals surface area contributed by atoms with Gasteiger partial charge in [-0.25, -0.2) is 0 Å². The summed E-state index contributed by atoms with van der Waals surface area (Å²) < 4.78 is 39.7. The first-order valence-corrected chi connectivity index (χ1v) is 6.38. The van der Waals surface area contributed by atoms with Gasteiger partial charge >= 0.3 is 6.18 Å². The van der Waals surface area contributed by atoms with E-state index in [0.717, 1.165) is 16.7 Å². The first-order chi connectivity index (χ1) is 8.71. The zero-order chi connectivity index (χ0) is 14.4. The number of hydrogen-bond acceptors (Lipinski definition) is 1. The zero-order valence-corrected chi connectivity index (χ0v) is 12.2. The van der Waals surface area contributed by atoms with E-state index in [2.05, 4.69) is 21.0 Å². The molecule has 0 bridgehead atoms. The van der Waals surface area contributed by atoms with Crippen LogP contribution in [0.3, 0.4) is 0 Å². The van der Waals surface area contributed by atoms with Gasteiger partial charge in [0, 0.05) is 12.6 Å². The first kappa shape index (κ1) is 14.1. The standard InChI is InChI=1S/C13H12BrF3N2/c1-7-4-5-9(8(2)6-7)11-10(14)12(13(15,16)17)18-19(11)3/h4-6H,1-3H3. The van der Waals surface area contributed by atoms with Crippen molar-refractivity contribution < 1.29 is 13.2 Å². The fraction of sp³-hybridized carbons (Fsp3) is 0.308. The van der Waals surface area contributed by atoms with Crippen molar-refractivity contribution in [3.63, 3.8) is 0 Å². The van der Waals surface area contributed by atoms with E-state index in [1.54, 1.807) is 0 Å². The van der Waals surface area contributed by atoms with Crippen molar-refractivity contribution in [2.45, 2.75) is 20.0 Å². The number of halogens is 4. The van der Waals surface area contributed by atoms with Gasteiger partial charge in [-0.3, -0.25) is 4.68 Å².